The van der Waals surface area contributed by atoms with Gasteiger partial charge in [0, 0.05) is 6.04 Å². The lowest BCUT2D eigenvalue weighted by Gasteiger charge is -2.01. The van der Waals surface area contributed by atoms with E-state index in [9.17, 15) is 0 Å². The van der Waals surface area contributed by atoms with Gasteiger partial charge in [-0.2, -0.15) is 0 Å². The first kappa shape index (κ1) is 6.86. The zero-order chi connectivity index (χ0) is 7.84. The monoisotopic (exact) mass is 146 g/mol. The van der Waals surface area contributed by atoms with Crippen LogP contribution < -0.4 is 5.73 Å². The Bertz CT molecular complexity index is 240. The minimum atomic E-state index is 0.216. The molecule has 2 unspecified atom stereocenters. The molecule has 0 fully saturated rings. The third kappa shape index (κ3) is 0.962. The third-order valence-electron chi connectivity index (χ3n) is 2.37. The Morgan fingerprint density at radius 2 is 1.91 bits per heavy atom. The first-order valence-corrected chi connectivity index (χ1v) is 3.96. The van der Waals surface area contributed by atoms with Gasteiger partial charge in [-0.15, -0.1) is 0 Å². The van der Waals surface area contributed by atoms with Gasteiger partial charge in [0.05, 0.1) is 0 Å². The van der Waals surface area contributed by atoms with Gasteiger partial charge in [0.25, 0.3) is 0 Å². The van der Waals surface area contributed by atoms with E-state index in [4.69, 9.17) is 5.73 Å². The van der Waals surface area contributed by atoms with Crippen molar-refractivity contribution in [3.63, 3.8) is 0 Å². The van der Waals surface area contributed by atoms with Gasteiger partial charge in [-0.05, 0) is 30.4 Å². The first-order chi connectivity index (χ1) is 5.29. The topological polar surface area (TPSA) is 26.0 Å². The molecule has 1 aliphatic rings. The molecule has 1 aromatic rings. The highest BCUT2D eigenvalue weighted by atomic mass is 14.7. The van der Waals surface area contributed by atoms with Gasteiger partial charge >= 0.3 is 0 Å². The highest BCUT2D eigenvalue weighted by molar-refractivity contribution is 5.38. The van der Waals surface area contributed by atoms with Gasteiger partial charge in [-0.1, -0.05) is 24.3 Å². The van der Waals surface area contributed by atoms with Crippen molar-refractivity contribution in [1.82, 2.24) is 0 Å². The molecule has 1 nitrogen and oxygen atoms in total. The maximum absolute atomic E-state index is 5.90. The highest BCUT2D eigenvalue weighted by Crippen LogP contribution is 2.37. The average molecular weight is 146 g/mol. The molecule has 0 aromatic heterocycles. The van der Waals surface area contributed by atoms with Gasteiger partial charge in [0.1, 0.15) is 0 Å². The van der Waals surface area contributed by atoms with Crippen LogP contribution in [-0.4, -0.2) is 0 Å². The predicted octanol–water partition coefficient (Wildman–Crippen LogP) is 2.01. The van der Waals surface area contributed by atoms with E-state index in [2.05, 4.69) is 25.1 Å². The number of rotatable bonds is 0. The Labute approximate surface area is 67.2 Å². The molecule has 11 heavy (non-hydrogen) atoms. The van der Waals surface area contributed by atoms with Crippen molar-refractivity contribution >= 4 is 0 Å². The van der Waals surface area contributed by atoms with Crippen LogP contribution in [0, 0.1) is 6.92 Å². The fourth-order valence-corrected chi connectivity index (χ4v) is 1.78. The summed E-state index contributed by atoms with van der Waals surface area (Å²) in [5, 5.41) is 0. The fraction of sp³-hybridized carbons (Fsp3) is 0.300. The minimum absolute atomic E-state index is 0.216. The number of hydrogen-bond donors (Lipinski definition) is 1. The van der Waals surface area contributed by atoms with Crippen LogP contribution in [0.15, 0.2) is 24.3 Å². The molecule has 1 heteroatoms. The summed E-state index contributed by atoms with van der Waals surface area (Å²) in [5.41, 5.74) is 8.51. The molecule has 2 N–H and O–H groups in total. The molecule has 0 saturated carbocycles. The maximum atomic E-state index is 5.90. The quantitative estimate of drug-likeness (QED) is 0.595. The van der Waals surface area contributed by atoms with Crippen molar-refractivity contribution in [2.24, 2.45) is 5.73 Å². The smallest absolute Gasteiger partial charge is 0.0303 e. The molecule has 0 saturated heterocycles. The molecule has 0 aliphatic heterocycles. The zero-order valence-corrected chi connectivity index (χ0v) is 6.46. The molecule has 0 spiro atoms. The molecule has 2 rings (SSSR count). The summed E-state index contributed by atoms with van der Waals surface area (Å²) < 4.78 is 0. The second-order valence-corrected chi connectivity index (χ2v) is 3.17. The normalized spacial score (nSPS) is 28.5. The highest BCUT2D eigenvalue weighted by Gasteiger charge is 2.24. The van der Waals surface area contributed by atoms with E-state index in [-0.39, 0.29) is 6.04 Å². The Morgan fingerprint density at radius 1 is 1.27 bits per heavy atom. The molecule has 0 heterocycles. The molecule has 2 atom stereocenters. The number of hydrogen-bond acceptors (Lipinski definition) is 1. The van der Waals surface area contributed by atoms with Crippen LogP contribution in [-0.2, 0) is 0 Å². The van der Waals surface area contributed by atoms with E-state index in [0.29, 0.717) is 5.92 Å². The zero-order valence-electron chi connectivity index (χ0n) is 6.46. The van der Waals surface area contributed by atoms with Crippen molar-refractivity contribution in [2.75, 3.05) is 0 Å². The van der Waals surface area contributed by atoms with E-state index in [0.717, 1.165) is 6.42 Å². The van der Waals surface area contributed by atoms with Gasteiger partial charge in [0.15, 0.2) is 0 Å². The summed E-state index contributed by atoms with van der Waals surface area (Å²) in [6, 6.07) is 8.53. The third-order valence-corrected chi connectivity index (χ3v) is 2.37. The molecular weight excluding hydrogens is 134 g/mol. The van der Waals surface area contributed by atoms with E-state index in [1.165, 1.54) is 11.1 Å². The van der Waals surface area contributed by atoms with Gasteiger partial charge < -0.3 is 5.73 Å². The summed E-state index contributed by atoms with van der Waals surface area (Å²) >= 11 is 0. The molecule has 1 aromatic carbocycles. The van der Waals surface area contributed by atoms with Crippen molar-refractivity contribution in [2.45, 2.75) is 18.4 Å². The Kier molecular flexibility index (Phi) is 1.46. The van der Waals surface area contributed by atoms with Crippen LogP contribution >= 0.6 is 0 Å². The SMILES string of the molecule is [CH2]C1CC(N)c2ccccc21. The molecule has 1 aliphatic carbocycles. The van der Waals surface area contributed by atoms with Crippen LogP contribution in [0.5, 0.6) is 0 Å². The fourth-order valence-electron chi connectivity index (χ4n) is 1.78. The van der Waals surface area contributed by atoms with Gasteiger partial charge in [-0.25, -0.2) is 0 Å². The molecule has 0 bridgehead atoms. The summed E-state index contributed by atoms with van der Waals surface area (Å²) in [7, 11) is 0. The van der Waals surface area contributed by atoms with Crippen molar-refractivity contribution in [3.8, 4) is 0 Å². The Balaban J connectivity index is 2.52. The van der Waals surface area contributed by atoms with E-state index < -0.39 is 0 Å². The van der Waals surface area contributed by atoms with Crippen LogP contribution in [0.4, 0.5) is 0 Å². The summed E-state index contributed by atoms with van der Waals surface area (Å²) in [5.74, 6) is 0.404. The molecule has 57 valence electrons. The van der Waals surface area contributed by atoms with Crippen LogP contribution in [0.25, 0.3) is 0 Å². The summed E-state index contributed by atoms with van der Waals surface area (Å²) in [6.07, 6.45) is 0.999. The predicted molar refractivity (Wildman–Crippen MR) is 46.1 cm³/mol. The van der Waals surface area contributed by atoms with Crippen LogP contribution in [0.3, 0.4) is 0 Å². The Hall–Kier alpha value is -0.820. The van der Waals surface area contributed by atoms with Crippen LogP contribution in [0.1, 0.15) is 29.5 Å². The standard InChI is InChI=1S/C10H12N/c1-7-6-10(11)9-5-3-2-4-8(7)9/h2-5,7,10H,1,6,11H2. The lowest BCUT2D eigenvalue weighted by atomic mass is 10.0. The summed E-state index contributed by atoms with van der Waals surface area (Å²) in [4.78, 5) is 0. The Morgan fingerprint density at radius 3 is 2.55 bits per heavy atom. The van der Waals surface area contributed by atoms with Crippen molar-refractivity contribution in [1.29, 1.82) is 0 Å². The second-order valence-electron chi connectivity index (χ2n) is 3.17. The molecule has 0 amide bonds. The van der Waals surface area contributed by atoms with Crippen LogP contribution in [0.2, 0.25) is 0 Å². The van der Waals surface area contributed by atoms with Crippen molar-refractivity contribution < 1.29 is 0 Å². The summed E-state index contributed by atoms with van der Waals surface area (Å²) in [6.45, 7) is 4.05. The van der Waals surface area contributed by atoms with Gasteiger partial charge in [-0.3, -0.25) is 0 Å². The van der Waals surface area contributed by atoms with E-state index >= 15 is 0 Å². The lowest BCUT2D eigenvalue weighted by molar-refractivity contribution is 0.671. The minimum Gasteiger partial charge on any atom is -0.324 e. The average Bonchev–Trinajstić information content (AvgIpc) is 2.30. The lowest BCUT2D eigenvalue weighted by Crippen LogP contribution is -2.04. The van der Waals surface area contributed by atoms with Crippen molar-refractivity contribution in [3.05, 3.63) is 42.3 Å². The first-order valence-electron chi connectivity index (χ1n) is 3.96. The second kappa shape index (κ2) is 2.35. The number of nitrogens with two attached hydrogens (primary N) is 1. The van der Waals surface area contributed by atoms with E-state index in [1.807, 2.05) is 6.07 Å². The molecular formula is C10H12N. The maximum Gasteiger partial charge on any atom is 0.0303 e. The largest absolute Gasteiger partial charge is 0.324 e. The number of benzene rings is 1. The van der Waals surface area contributed by atoms with E-state index in [1.54, 1.807) is 0 Å². The number of fused-ring (bicyclic) bond motifs is 1. The van der Waals surface area contributed by atoms with Gasteiger partial charge in [0.2, 0.25) is 0 Å². The molecule has 1 radical (unpaired) electrons.